The Bertz CT molecular complexity index is 749. The average Bonchev–Trinajstić information content (AvgIpc) is 3.23. The van der Waals surface area contributed by atoms with Crippen LogP contribution in [-0.2, 0) is 20.1 Å². The van der Waals surface area contributed by atoms with Gasteiger partial charge in [0, 0.05) is 18.5 Å². The fourth-order valence-corrected chi connectivity index (χ4v) is 4.41. The van der Waals surface area contributed by atoms with E-state index < -0.39 is 0 Å². The van der Waals surface area contributed by atoms with Crippen LogP contribution < -0.4 is 10.6 Å². The first-order valence-electron chi connectivity index (χ1n) is 9.87. The highest BCUT2D eigenvalue weighted by Gasteiger charge is 2.37. The molecule has 0 aliphatic heterocycles. The van der Waals surface area contributed by atoms with Gasteiger partial charge in [-0.3, -0.25) is 0 Å². The van der Waals surface area contributed by atoms with Gasteiger partial charge in [-0.05, 0) is 49.0 Å². The molecule has 0 saturated heterocycles. The zero-order valence-corrected chi connectivity index (χ0v) is 20.5. The van der Waals surface area contributed by atoms with Crippen LogP contribution in [0.15, 0.2) is 22.5 Å². The summed E-state index contributed by atoms with van der Waals surface area (Å²) in [5.74, 6) is 3.38. The van der Waals surface area contributed by atoms with Gasteiger partial charge in [-0.2, -0.15) is 0 Å². The van der Waals surface area contributed by atoms with E-state index in [9.17, 15) is 0 Å². The molecule has 1 aliphatic carbocycles. The van der Waals surface area contributed by atoms with Crippen LogP contribution >= 0.6 is 35.3 Å². The number of aromatic nitrogens is 3. The maximum Gasteiger partial charge on any atom is 0.192 e. The molecule has 0 atom stereocenters. The first-order chi connectivity index (χ1) is 13.0. The molecule has 2 aromatic rings. The summed E-state index contributed by atoms with van der Waals surface area (Å²) in [5.41, 5.74) is 0.431. The Labute approximate surface area is 189 Å². The molecule has 2 N–H and O–H groups in total. The molecule has 6 nitrogen and oxygen atoms in total. The molecule has 0 bridgehead atoms. The highest BCUT2D eigenvalue weighted by molar-refractivity contribution is 14.0. The number of rotatable bonds is 8. The zero-order valence-electron chi connectivity index (χ0n) is 17.4. The second-order valence-corrected chi connectivity index (χ2v) is 9.16. The number of nitrogens with zero attached hydrogens (tertiary/aromatic N) is 4. The van der Waals surface area contributed by atoms with Crippen LogP contribution in [0.2, 0.25) is 0 Å². The molecular formula is C20H33IN6S. The second-order valence-electron chi connectivity index (χ2n) is 8.13. The molecule has 1 fully saturated rings. The molecule has 0 aromatic carbocycles. The molecule has 3 rings (SSSR count). The van der Waals surface area contributed by atoms with Gasteiger partial charge in [-0.25, -0.2) is 4.99 Å². The summed E-state index contributed by atoms with van der Waals surface area (Å²) in [4.78, 5) is 6.09. The molecule has 2 heterocycles. The van der Waals surface area contributed by atoms with Crippen LogP contribution in [0.5, 0.6) is 0 Å². The summed E-state index contributed by atoms with van der Waals surface area (Å²) in [7, 11) is 1.98. The van der Waals surface area contributed by atoms with Crippen molar-refractivity contribution < 1.29 is 0 Å². The number of thiophene rings is 1. The highest BCUT2D eigenvalue weighted by Crippen LogP contribution is 2.45. The lowest BCUT2D eigenvalue weighted by molar-refractivity contribution is 0.104. The van der Waals surface area contributed by atoms with Crippen LogP contribution in [-0.4, -0.2) is 27.3 Å². The molecule has 2 aromatic heterocycles. The fraction of sp³-hybridized carbons (Fsp3) is 0.650. The summed E-state index contributed by atoms with van der Waals surface area (Å²) in [6.45, 7) is 8.90. The van der Waals surface area contributed by atoms with Gasteiger partial charge < -0.3 is 15.2 Å². The Morgan fingerprint density at radius 3 is 2.64 bits per heavy atom. The van der Waals surface area contributed by atoms with Crippen molar-refractivity contribution >= 4 is 41.3 Å². The zero-order chi connectivity index (χ0) is 19.3. The van der Waals surface area contributed by atoms with Crippen LogP contribution in [0.1, 0.15) is 56.1 Å². The van der Waals surface area contributed by atoms with Crippen LogP contribution in [0, 0.1) is 18.3 Å². The third-order valence-corrected chi connectivity index (χ3v) is 6.33. The molecule has 0 spiro atoms. The molecule has 1 saturated carbocycles. The minimum atomic E-state index is 0. The van der Waals surface area contributed by atoms with Gasteiger partial charge in [-0.1, -0.05) is 26.3 Å². The van der Waals surface area contributed by atoms with Crippen LogP contribution in [0.25, 0.3) is 0 Å². The Morgan fingerprint density at radius 2 is 2.11 bits per heavy atom. The van der Waals surface area contributed by atoms with E-state index in [-0.39, 0.29) is 24.0 Å². The lowest BCUT2D eigenvalue weighted by Gasteiger charge is -2.43. The molecule has 1 aliphatic rings. The summed E-state index contributed by atoms with van der Waals surface area (Å²) in [6.07, 6.45) is 5.26. The van der Waals surface area contributed by atoms with E-state index in [1.165, 1.54) is 30.6 Å². The Hall–Kier alpha value is -1.16. The largest absolute Gasteiger partial charge is 0.356 e. The number of aliphatic imine (C=N–C) groups is 1. The molecule has 8 heteroatoms. The number of hydrogen-bond donors (Lipinski definition) is 2. The highest BCUT2D eigenvalue weighted by atomic mass is 127. The average molecular weight is 516 g/mol. The number of nitrogens with one attached hydrogen (secondary N) is 2. The third-order valence-electron chi connectivity index (χ3n) is 5.46. The molecule has 0 radical (unpaired) electrons. The van der Waals surface area contributed by atoms with Crippen molar-refractivity contribution in [2.75, 3.05) is 6.54 Å². The van der Waals surface area contributed by atoms with Crippen molar-refractivity contribution in [2.45, 2.75) is 59.5 Å². The summed E-state index contributed by atoms with van der Waals surface area (Å²) in [6, 6.07) is 4.23. The van der Waals surface area contributed by atoms with E-state index in [1.54, 1.807) is 11.3 Å². The van der Waals surface area contributed by atoms with E-state index >= 15 is 0 Å². The van der Waals surface area contributed by atoms with E-state index in [2.05, 4.69) is 52.2 Å². The van der Waals surface area contributed by atoms with E-state index in [0.29, 0.717) is 12.0 Å². The summed E-state index contributed by atoms with van der Waals surface area (Å²) < 4.78 is 1.99. The van der Waals surface area contributed by atoms with Crippen molar-refractivity contribution in [1.82, 2.24) is 25.4 Å². The van der Waals surface area contributed by atoms with Crippen LogP contribution in [0.4, 0.5) is 0 Å². The normalized spacial score (nSPS) is 15.8. The van der Waals surface area contributed by atoms with Gasteiger partial charge in [0.2, 0.25) is 0 Å². The quantitative estimate of drug-likeness (QED) is 0.313. The van der Waals surface area contributed by atoms with Crippen LogP contribution in [0.3, 0.4) is 0 Å². The van der Waals surface area contributed by atoms with Crippen molar-refractivity contribution in [1.29, 1.82) is 0 Å². The van der Waals surface area contributed by atoms with Crippen molar-refractivity contribution in [2.24, 2.45) is 23.4 Å². The van der Waals surface area contributed by atoms with Gasteiger partial charge in [-0.15, -0.1) is 45.5 Å². The van der Waals surface area contributed by atoms with Crippen molar-refractivity contribution in [3.63, 3.8) is 0 Å². The van der Waals surface area contributed by atoms with E-state index in [4.69, 9.17) is 4.99 Å². The number of guanidine groups is 1. The first kappa shape index (κ1) is 23.1. The maximum absolute atomic E-state index is 4.78. The smallest absolute Gasteiger partial charge is 0.192 e. The minimum absolute atomic E-state index is 0. The third kappa shape index (κ3) is 6.17. The summed E-state index contributed by atoms with van der Waals surface area (Å²) >= 11 is 1.76. The predicted molar refractivity (Wildman–Crippen MR) is 127 cm³/mol. The van der Waals surface area contributed by atoms with Gasteiger partial charge >= 0.3 is 0 Å². The lowest BCUT2D eigenvalue weighted by Crippen LogP contribution is -2.46. The van der Waals surface area contributed by atoms with Gasteiger partial charge in [0.05, 0.1) is 6.54 Å². The summed E-state index contributed by atoms with van der Waals surface area (Å²) in [5, 5.41) is 17.6. The molecule has 0 unspecified atom stereocenters. The Kier molecular flexibility index (Phi) is 8.73. The SMILES string of the molecule is Cc1nnc(CN=C(NCc2cccs2)NCC2(CC(C)C)CCC2)n1C.I. The maximum atomic E-state index is 4.78. The van der Waals surface area contributed by atoms with Crippen molar-refractivity contribution in [3.8, 4) is 0 Å². The second kappa shape index (κ2) is 10.6. The van der Waals surface area contributed by atoms with Gasteiger partial charge in [0.25, 0.3) is 0 Å². The standard InChI is InChI=1S/C20H32N6S.HI/c1-15(2)11-20(8-6-9-20)14-23-19(21-12-17-7-5-10-27-17)22-13-18-25-24-16(3)26(18)4;/h5,7,10,15H,6,8-9,11-14H2,1-4H3,(H2,21,22,23);1H. The predicted octanol–water partition coefficient (Wildman–Crippen LogP) is 4.25. The monoisotopic (exact) mass is 516 g/mol. The molecule has 0 amide bonds. The topological polar surface area (TPSA) is 67.1 Å². The van der Waals surface area contributed by atoms with Gasteiger partial charge in [0.15, 0.2) is 11.8 Å². The molecular weight excluding hydrogens is 483 g/mol. The Morgan fingerprint density at radius 1 is 1.32 bits per heavy atom. The van der Waals surface area contributed by atoms with E-state index in [0.717, 1.165) is 36.6 Å². The first-order valence-corrected chi connectivity index (χ1v) is 10.7. The number of hydrogen-bond acceptors (Lipinski definition) is 4. The lowest BCUT2D eigenvalue weighted by atomic mass is 9.64. The van der Waals surface area contributed by atoms with Crippen molar-refractivity contribution in [3.05, 3.63) is 34.0 Å². The molecule has 156 valence electrons. The minimum Gasteiger partial charge on any atom is -0.356 e. The Balaban J connectivity index is 0.00000280. The van der Waals surface area contributed by atoms with Gasteiger partial charge in [0.1, 0.15) is 12.4 Å². The van der Waals surface area contributed by atoms with E-state index in [1.807, 2.05) is 18.5 Å². The number of halogens is 1. The fourth-order valence-electron chi connectivity index (χ4n) is 3.76. The molecule has 28 heavy (non-hydrogen) atoms. The number of aryl methyl sites for hydroxylation is 1.